The fraction of sp³-hybridized carbons (Fsp3) is 0.385. The second-order valence-electron chi connectivity index (χ2n) is 3.98. The van der Waals surface area contributed by atoms with Crippen molar-refractivity contribution in [2.75, 3.05) is 6.61 Å². The molecular weight excluding hydrogens is 218 g/mol. The van der Waals surface area contributed by atoms with Crippen LogP contribution >= 0.6 is 0 Å². The van der Waals surface area contributed by atoms with E-state index in [-0.39, 0.29) is 0 Å². The van der Waals surface area contributed by atoms with Gasteiger partial charge in [-0.25, -0.2) is 4.79 Å². The molecule has 0 saturated carbocycles. The normalized spacial score (nSPS) is 13.5. The Balaban J connectivity index is 2.84. The summed E-state index contributed by atoms with van der Waals surface area (Å²) in [5, 5.41) is 2.54. The van der Waals surface area contributed by atoms with Gasteiger partial charge in [0, 0.05) is 6.42 Å². The lowest BCUT2D eigenvalue weighted by molar-refractivity contribution is -0.151. The molecule has 1 N–H and O–H groups in total. The summed E-state index contributed by atoms with van der Waals surface area (Å²) in [6.07, 6.45) is 0.936. The highest BCUT2D eigenvalue weighted by atomic mass is 16.5. The molecular formula is C13H17NO3. The van der Waals surface area contributed by atoms with Crippen LogP contribution in [0.4, 0.5) is 0 Å². The Hall–Kier alpha value is -1.84. The monoisotopic (exact) mass is 235 g/mol. The largest absolute Gasteiger partial charge is 0.464 e. The van der Waals surface area contributed by atoms with Crippen molar-refractivity contribution in [2.24, 2.45) is 0 Å². The predicted octanol–water partition coefficient (Wildman–Crippen LogP) is 1.30. The number of rotatable bonds is 6. The Labute approximate surface area is 101 Å². The summed E-state index contributed by atoms with van der Waals surface area (Å²) in [6.45, 7) is 3.69. The van der Waals surface area contributed by atoms with Gasteiger partial charge in [0.25, 0.3) is 0 Å². The second kappa shape index (κ2) is 6.03. The number of esters is 1. The molecule has 1 amide bonds. The Kier molecular flexibility index (Phi) is 4.69. The fourth-order valence-corrected chi connectivity index (χ4v) is 1.61. The van der Waals surface area contributed by atoms with E-state index in [1.807, 2.05) is 30.3 Å². The van der Waals surface area contributed by atoms with Crippen LogP contribution in [0, 0.1) is 0 Å². The average molecular weight is 235 g/mol. The summed E-state index contributed by atoms with van der Waals surface area (Å²) >= 11 is 0. The van der Waals surface area contributed by atoms with Gasteiger partial charge in [0.1, 0.15) is 5.54 Å². The third-order valence-corrected chi connectivity index (χ3v) is 2.50. The summed E-state index contributed by atoms with van der Waals surface area (Å²) in [6, 6.07) is 9.50. The lowest BCUT2D eigenvalue weighted by atomic mass is 9.93. The second-order valence-corrected chi connectivity index (χ2v) is 3.98. The molecule has 0 saturated heterocycles. The minimum atomic E-state index is -1.01. The molecule has 17 heavy (non-hydrogen) atoms. The van der Waals surface area contributed by atoms with E-state index in [9.17, 15) is 9.59 Å². The van der Waals surface area contributed by atoms with Crippen LogP contribution in [0.2, 0.25) is 0 Å². The number of amides is 1. The van der Waals surface area contributed by atoms with Crippen molar-refractivity contribution in [1.29, 1.82) is 0 Å². The van der Waals surface area contributed by atoms with Gasteiger partial charge in [-0.3, -0.25) is 4.79 Å². The van der Waals surface area contributed by atoms with Crippen molar-refractivity contribution in [3.05, 3.63) is 35.9 Å². The summed E-state index contributed by atoms with van der Waals surface area (Å²) < 4.78 is 4.97. The van der Waals surface area contributed by atoms with Gasteiger partial charge in [-0.15, -0.1) is 0 Å². The van der Waals surface area contributed by atoms with Crippen LogP contribution in [-0.2, 0) is 20.7 Å². The van der Waals surface area contributed by atoms with Crippen LogP contribution in [0.25, 0.3) is 0 Å². The lowest BCUT2D eigenvalue weighted by Gasteiger charge is -2.26. The maximum Gasteiger partial charge on any atom is 0.331 e. The molecule has 92 valence electrons. The number of ether oxygens (including phenoxy) is 1. The number of hydrogen-bond donors (Lipinski definition) is 1. The molecule has 0 spiro atoms. The minimum absolute atomic E-state index is 0.295. The van der Waals surface area contributed by atoms with E-state index >= 15 is 0 Å². The van der Waals surface area contributed by atoms with Crippen LogP contribution in [0.1, 0.15) is 19.4 Å². The van der Waals surface area contributed by atoms with Crippen molar-refractivity contribution in [2.45, 2.75) is 25.8 Å². The van der Waals surface area contributed by atoms with Crippen LogP contribution < -0.4 is 5.32 Å². The zero-order valence-electron chi connectivity index (χ0n) is 10.1. The summed E-state index contributed by atoms with van der Waals surface area (Å²) in [5.74, 6) is -0.420. The van der Waals surface area contributed by atoms with Gasteiger partial charge < -0.3 is 10.1 Å². The van der Waals surface area contributed by atoms with Crippen LogP contribution in [0.5, 0.6) is 0 Å². The molecule has 0 heterocycles. The SMILES string of the molecule is CCOC(=O)[C@@](C)(Cc1ccccc1)NC=O. The number of carbonyl (C=O) groups is 2. The first-order chi connectivity index (χ1) is 8.12. The topological polar surface area (TPSA) is 55.4 Å². The minimum Gasteiger partial charge on any atom is -0.464 e. The van der Waals surface area contributed by atoms with Gasteiger partial charge in [0.15, 0.2) is 0 Å². The number of hydrogen-bond acceptors (Lipinski definition) is 3. The van der Waals surface area contributed by atoms with E-state index < -0.39 is 11.5 Å². The van der Waals surface area contributed by atoms with Crippen molar-refractivity contribution in [3.63, 3.8) is 0 Å². The molecule has 4 heteroatoms. The van der Waals surface area contributed by atoms with Crippen molar-refractivity contribution in [3.8, 4) is 0 Å². The lowest BCUT2D eigenvalue weighted by Crippen LogP contribution is -2.51. The molecule has 1 rings (SSSR count). The van der Waals surface area contributed by atoms with Gasteiger partial charge in [-0.05, 0) is 19.4 Å². The predicted molar refractivity (Wildman–Crippen MR) is 64.4 cm³/mol. The smallest absolute Gasteiger partial charge is 0.331 e. The zero-order chi connectivity index (χ0) is 12.7. The maximum atomic E-state index is 11.8. The van der Waals surface area contributed by atoms with Crippen molar-refractivity contribution in [1.82, 2.24) is 5.32 Å². The van der Waals surface area contributed by atoms with E-state index in [1.54, 1.807) is 13.8 Å². The van der Waals surface area contributed by atoms with Crippen molar-refractivity contribution < 1.29 is 14.3 Å². The Morgan fingerprint density at radius 1 is 1.41 bits per heavy atom. The standard InChI is InChI=1S/C13H17NO3/c1-3-17-12(16)13(2,14-10-15)9-11-7-5-4-6-8-11/h4-8,10H,3,9H2,1-2H3,(H,14,15)/t13-/m1/s1. The first-order valence-electron chi connectivity index (χ1n) is 5.55. The molecule has 0 radical (unpaired) electrons. The van der Waals surface area contributed by atoms with Gasteiger partial charge in [-0.1, -0.05) is 30.3 Å². The third kappa shape index (κ3) is 3.59. The summed E-state index contributed by atoms with van der Waals surface area (Å²) in [4.78, 5) is 22.4. The number of benzene rings is 1. The Morgan fingerprint density at radius 2 is 2.06 bits per heavy atom. The van der Waals surface area contributed by atoms with E-state index in [0.29, 0.717) is 19.4 Å². The molecule has 0 fully saturated rings. The zero-order valence-corrected chi connectivity index (χ0v) is 10.1. The van der Waals surface area contributed by atoms with Crippen LogP contribution in [0.3, 0.4) is 0 Å². The van der Waals surface area contributed by atoms with Crippen molar-refractivity contribution >= 4 is 12.4 Å². The molecule has 1 atom stereocenters. The first-order valence-corrected chi connectivity index (χ1v) is 5.55. The summed E-state index contributed by atoms with van der Waals surface area (Å²) in [7, 11) is 0. The summed E-state index contributed by atoms with van der Waals surface area (Å²) in [5.41, 5.74) is -0.0450. The molecule has 1 aromatic carbocycles. The highest BCUT2D eigenvalue weighted by molar-refractivity contribution is 5.83. The first kappa shape index (κ1) is 13.2. The Morgan fingerprint density at radius 3 is 2.59 bits per heavy atom. The quantitative estimate of drug-likeness (QED) is 0.597. The molecule has 1 aromatic rings. The van der Waals surface area contributed by atoms with E-state index in [0.717, 1.165) is 5.56 Å². The van der Waals surface area contributed by atoms with Crippen LogP contribution in [-0.4, -0.2) is 24.5 Å². The van der Waals surface area contributed by atoms with E-state index in [1.165, 1.54) is 0 Å². The molecule has 4 nitrogen and oxygen atoms in total. The van der Waals surface area contributed by atoms with Crippen LogP contribution in [0.15, 0.2) is 30.3 Å². The van der Waals surface area contributed by atoms with Gasteiger partial charge in [0.2, 0.25) is 6.41 Å². The molecule has 0 aliphatic carbocycles. The molecule has 0 aliphatic heterocycles. The van der Waals surface area contributed by atoms with Gasteiger partial charge in [-0.2, -0.15) is 0 Å². The molecule has 0 unspecified atom stereocenters. The number of nitrogens with one attached hydrogen (secondary N) is 1. The highest BCUT2D eigenvalue weighted by Gasteiger charge is 2.34. The van der Waals surface area contributed by atoms with E-state index in [4.69, 9.17) is 4.74 Å². The number of carbonyl (C=O) groups excluding carboxylic acids is 2. The average Bonchev–Trinajstić information content (AvgIpc) is 2.31. The highest BCUT2D eigenvalue weighted by Crippen LogP contribution is 2.14. The fourth-order valence-electron chi connectivity index (χ4n) is 1.61. The van der Waals surface area contributed by atoms with E-state index in [2.05, 4.69) is 5.32 Å². The van der Waals surface area contributed by atoms with Gasteiger partial charge in [0.05, 0.1) is 6.61 Å². The molecule has 0 bridgehead atoms. The molecule has 0 aromatic heterocycles. The molecule has 0 aliphatic rings. The Bertz CT molecular complexity index is 378. The third-order valence-electron chi connectivity index (χ3n) is 2.50. The maximum absolute atomic E-state index is 11.8. The van der Waals surface area contributed by atoms with Gasteiger partial charge >= 0.3 is 5.97 Å².